The van der Waals surface area contributed by atoms with Gasteiger partial charge in [-0.25, -0.2) is 8.42 Å². The highest BCUT2D eigenvalue weighted by Gasteiger charge is 2.16. The summed E-state index contributed by atoms with van der Waals surface area (Å²) in [5.74, 6) is -0.0746. The molecule has 0 aromatic rings. The molecule has 0 aliphatic heterocycles. The van der Waals surface area contributed by atoms with Crippen LogP contribution in [-0.2, 0) is 29.1 Å². The molecule has 0 aromatic carbocycles. The van der Waals surface area contributed by atoms with E-state index in [4.69, 9.17) is 10.9 Å². The molecule has 0 saturated heterocycles. The fraction of sp³-hybridized carbons (Fsp3) is 0.939. The number of carbonyl (C=O) groups excluding carboxylic acids is 2. The van der Waals surface area contributed by atoms with Gasteiger partial charge in [0.25, 0.3) is 0 Å². The topological polar surface area (TPSA) is 117 Å². The van der Waals surface area contributed by atoms with Crippen LogP contribution in [0.2, 0.25) is 1.41 Å². The lowest BCUT2D eigenvalue weighted by Gasteiger charge is -2.24. The number of carbonyl (C=O) groups is 2. The lowest BCUT2D eigenvalue weighted by Crippen LogP contribution is -2.33. The molecule has 0 bridgehead atoms. The van der Waals surface area contributed by atoms with E-state index in [0.29, 0.717) is 25.8 Å². The second-order valence-electron chi connectivity index (χ2n) is 17.5. The van der Waals surface area contributed by atoms with Crippen LogP contribution in [0.5, 0.6) is 0 Å². The van der Waals surface area contributed by atoms with Gasteiger partial charge in [-0.1, -0.05) is 163 Å². The number of unbranched alkanes of at least 4 members (excludes halogenated alkanes) is 23. The molecule has 0 heterocycles. The van der Waals surface area contributed by atoms with E-state index in [9.17, 15) is 18.0 Å². The molecule has 0 radical (unpaired) electrons. The Morgan fingerprint density at radius 2 is 0.864 bits per heavy atom. The van der Waals surface area contributed by atoms with Gasteiger partial charge in [-0.05, 0) is 96.7 Å². The predicted molar refractivity (Wildman–Crippen MR) is 251 cm³/mol. The molecule has 1 N–H and O–H groups in total. The maximum absolute atomic E-state index is 12.8. The summed E-state index contributed by atoms with van der Waals surface area (Å²) < 4.78 is 44.4. The third-order valence-corrected chi connectivity index (χ3v) is 12.9. The molecule has 0 amide bonds. The molecule has 0 aliphatic rings. The molecule has 10 heteroatoms. The first kappa shape index (κ1) is 55.3. The van der Waals surface area contributed by atoms with Gasteiger partial charge in [0.05, 0.1) is 12.6 Å². The minimum absolute atomic E-state index is 0.0226. The maximum atomic E-state index is 12.8. The van der Waals surface area contributed by atoms with Crippen LogP contribution in [0.1, 0.15) is 252 Å². The molecule has 0 spiro atoms. The Labute approximate surface area is 367 Å². The number of ether oxygens (including phenoxy) is 2. The van der Waals surface area contributed by atoms with Gasteiger partial charge >= 0.3 is 11.9 Å². The van der Waals surface area contributed by atoms with E-state index in [2.05, 4.69) is 38.0 Å². The summed E-state index contributed by atoms with van der Waals surface area (Å²) in [6.45, 7) is 11.8. The summed E-state index contributed by atoms with van der Waals surface area (Å²) in [4.78, 5) is 27.8. The molecule has 0 aromatic heterocycles. The minimum Gasteiger partial charge on any atom is -0.462 e. The Morgan fingerprint density at radius 3 is 1.27 bits per heavy atom. The van der Waals surface area contributed by atoms with E-state index in [0.717, 1.165) is 146 Å². The SMILES string of the molecule is [H]/N=C/N(CCCN(CCCCCCCC(=O)OC(CC)CCCCCCCC)CCCCCCCC(=O)OC(CCCCCCCC)CCCCCCCC)S(C)(=O)=O. The highest BCUT2D eigenvalue weighted by Crippen LogP contribution is 2.19. The lowest BCUT2D eigenvalue weighted by atomic mass is 10.0. The number of nitrogens with zero attached hydrogens (tertiary/aromatic N) is 2. The van der Waals surface area contributed by atoms with Crippen molar-refractivity contribution in [2.45, 2.75) is 265 Å². The predicted octanol–water partition coefficient (Wildman–Crippen LogP) is 13.7. The Balaban J connectivity index is 4.64. The molecule has 0 saturated carbocycles. The number of hydrogen-bond donors (Lipinski definition) is 1. The molecule has 350 valence electrons. The molecule has 0 aliphatic carbocycles. The van der Waals surface area contributed by atoms with E-state index in [1.807, 2.05) is 0 Å². The number of sulfonamides is 1. The second-order valence-corrected chi connectivity index (χ2v) is 19.5. The minimum atomic E-state index is -3.46. The van der Waals surface area contributed by atoms with Crippen LogP contribution in [0.15, 0.2) is 0 Å². The summed E-state index contributed by atoms with van der Waals surface area (Å²) in [5, 5.41) is 3.19. The molecule has 9 nitrogen and oxygen atoms in total. The highest BCUT2D eigenvalue weighted by molar-refractivity contribution is 7.88. The molecule has 0 fully saturated rings. The summed E-state index contributed by atoms with van der Waals surface area (Å²) >= 11 is 0. The van der Waals surface area contributed by atoms with Crippen molar-refractivity contribution in [3.05, 3.63) is 0 Å². The molecule has 1 unspecified atom stereocenters. The van der Waals surface area contributed by atoms with Crippen LogP contribution >= 0.6 is 0 Å². The van der Waals surface area contributed by atoms with Gasteiger partial charge in [-0.15, -0.1) is 0 Å². The highest BCUT2D eigenvalue weighted by atomic mass is 32.2. The van der Waals surface area contributed by atoms with Crippen molar-refractivity contribution in [3.63, 3.8) is 0 Å². The van der Waals surface area contributed by atoms with Gasteiger partial charge in [-0.3, -0.25) is 19.3 Å². The van der Waals surface area contributed by atoms with Crippen molar-refractivity contribution in [1.29, 1.82) is 5.40 Å². The standard InChI is InChI=1S/C49H97N3O6S/c1-6-10-13-16-21-28-36-46(9-4)57-48(53)39-31-24-19-26-33-41-51(43-35-44-52(45-50)59(5,55)56)42-34-27-20-25-32-40-49(54)58-47(37-29-22-17-14-11-7-2)38-30-23-18-15-12-8-3/h45-47,50H,6-44H2,1-5H3/b50-45+. The fourth-order valence-corrected chi connectivity index (χ4v) is 8.55. The number of nitrogens with one attached hydrogen (secondary N) is 1. The summed E-state index contributed by atoms with van der Waals surface area (Å²) in [6.07, 6.45) is 40.8. The van der Waals surface area contributed by atoms with Crippen molar-refractivity contribution in [3.8, 4) is 0 Å². The van der Waals surface area contributed by atoms with Gasteiger partial charge < -0.3 is 14.4 Å². The summed E-state index contributed by atoms with van der Waals surface area (Å²) in [7, 11) is -3.46. The Bertz CT molecular complexity index is 1090. The van der Waals surface area contributed by atoms with Crippen LogP contribution in [0.25, 0.3) is 0 Å². The fourth-order valence-electron chi connectivity index (χ4n) is 7.92. The van der Waals surface area contributed by atoms with Crippen LogP contribution in [0.3, 0.4) is 0 Å². The largest absolute Gasteiger partial charge is 0.462 e. The zero-order valence-corrected chi connectivity index (χ0v) is 40.3. The van der Waals surface area contributed by atoms with Crippen molar-refractivity contribution in [1.82, 2.24) is 9.21 Å². The monoisotopic (exact) mass is 856 g/mol. The Kier molecular flexibility index (Phi) is 39.1. The first-order valence-corrected chi connectivity index (χ1v) is 27.0. The lowest BCUT2D eigenvalue weighted by molar-refractivity contribution is -0.150. The first-order chi connectivity index (χ1) is 29.1. The van der Waals surface area contributed by atoms with Gasteiger partial charge in [0.15, 0.2) is 1.41 Å². The van der Waals surface area contributed by atoms with Crippen molar-refractivity contribution in [2.75, 3.05) is 32.4 Å². The van der Waals surface area contributed by atoms with Crippen molar-refractivity contribution in [2.24, 2.45) is 0 Å². The molecule has 0 rings (SSSR count). The zero-order valence-electron chi connectivity index (χ0n) is 40.5. The van der Waals surface area contributed by atoms with Gasteiger partial charge in [-0.2, -0.15) is 0 Å². The van der Waals surface area contributed by atoms with Gasteiger partial charge in [0, 0.05) is 19.4 Å². The second kappa shape index (κ2) is 41.7. The molecular formula is C49H97N3O6S. The van der Waals surface area contributed by atoms with E-state index < -0.39 is 10.0 Å². The number of hydrogen-bond acceptors (Lipinski definition) is 8. The summed E-state index contributed by atoms with van der Waals surface area (Å²) in [6, 6.07) is 0. The average molecular weight is 856 g/mol. The van der Waals surface area contributed by atoms with Gasteiger partial charge in [0.2, 0.25) is 10.0 Å². The van der Waals surface area contributed by atoms with Crippen LogP contribution in [0.4, 0.5) is 0 Å². The van der Waals surface area contributed by atoms with Crippen LogP contribution in [-0.4, -0.2) is 80.5 Å². The third-order valence-electron chi connectivity index (χ3n) is 11.8. The van der Waals surface area contributed by atoms with E-state index in [1.54, 1.807) is 0 Å². The maximum Gasteiger partial charge on any atom is 0.306 e. The number of esters is 2. The molecule has 59 heavy (non-hydrogen) atoms. The van der Waals surface area contributed by atoms with Crippen LogP contribution in [0, 0.1) is 5.40 Å². The van der Waals surface area contributed by atoms with E-state index in [-0.39, 0.29) is 24.1 Å². The van der Waals surface area contributed by atoms with Crippen molar-refractivity contribution >= 4 is 28.3 Å². The molecular weight excluding hydrogens is 759 g/mol. The first-order valence-electron chi connectivity index (χ1n) is 25.6. The van der Waals surface area contributed by atoms with Gasteiger partial charge in [0.1, 0.15) is 12.2 Å². The van der Waals surface area contributed by atoms with E-state index in [1.165, 1.54) is 96.3 Å². The van der Waals surface area contributed by atoms with Crippen molar-refractivity contribution < 1.29 is 28.9 Å². The molecule has 1 atom stereocenters. The average Bonchev–Trinajstić information content (AvgIpc) is 3.22. The number of rotatable bonds is 46. The Morgan fingerprint density at radius 1 is 0.508 bits per heavy atom. The smallest absolute Gasteiger partial charge is 0.306 e. The normalized spacial score (nSPS) is 12.8. The quantitative estimate of drug-likeness (QED) is 0.0280. The van der Waals surface area contributed by atoms with E-state index >= 15 is 0 Å². The Hall–Kier alpha value is -1.68. The third kappa shape index (κ3) is 37.8. The van der Waals surface area contributed by atoms with Crippen LogP contribution < -0.4 is 0 Å². The zero-order chi connectivity index (χ0) is 44.4. The summed E-state index contributed by atoms with van der Waals surface area (Å²) in [5.41, 5.74) is 0.